The first-order valence-corrected chi connectivity index (χ1v) is 4.97. The highest BCUT2D eigenvalue weighted by Gasteiger charge is 2.22. The van der Waals surface area contributed by atoms with Gasteiger partial charge in [-0.1, -0.05) is 13.8 Å². The molecule has 1 heterocycles. The van der Waals surface area contributed by atoms with E-state index >= 15 is 0 Å². The molecule has 17 heavy (non-hydrogen) atoms. The molecule has 1 aromatic heterocycles. The van der Waals surface area contributed by atoms with Crippen molar-refractivity contribution in [2.45, 2.75) is 13.8 Å². The smallest absolute Gasteiger partial charge is 0.374 e. The van der Waals surface area contributed by atoms with E-state index in [2.05, 4.69) is 0 Å². The second-order valence-electron chi connectivity index (χ2n) is 4.37. The van der Waals surface area contributed by atoms with Gasteiger partial charge in [-0.25, -0.2) is 9.59 Å². The number of ether oxygens (including phenoxy) is 1. The number of carboxylic acids is 1. The molecule has 6 heteroatoms. The van der Waals surface area contributed by atoms with E-state index in [0.29, 0.717) is 0 Å². The number of aromatic carboxylic acids is 1. The predicted molar refractivity (Wildman–Crippen MR) is 56.8 cm³/mol. The van der Waals surface area contributed by atoms with E-state index in [4.69, 9.17) is 19.4 Å². The molecular weight excluding hydrogens is 228 g/mol. The van der Waals surface area contributed by atoms with E-state index in [-0.39, 0.29) is 24.7 Å². The number of furan rings is 1. The van der Waals surface area contributed by atoms with E-state index in [1.165, 1.54) is 12.1 Å². The highest BCUT2D eigenvalue weighted by molar-refractivity contribution is 5.90. The first-order valence-electron chi connectivity index (χ1n) is 4.97. The first kappa shape index (κ1) is 13.2. The van der Waals surface area contributed by atoms with Crippen molar-refractivity contribution in [3.63, 3.8) is 0 Å². The summed E-state index contributed by atoms with van der Waals surface area (Å²) >= 11 is 0. The SMILES string of the molecule is CC(C)(CO)COC(=O)c1ccc(C(=O)O)o1. The lowest BCUT2D eigenvalue weighted by atomic mass is 9.97. The quantitative estimate of drug-likeness (QED) is 0.752. The van der Waals surface area contributed by atoms with Crippen LogP contribution in [0, 0.1) is 5.41 Å². The van der Waals surface area contributed by atoms with Crippen LogP contribution in [0.15, 0.2) is 16.5 Å². The van der Waals surface area contributed by atoms with Gasteiger partial charge in [0.25, 0.3) is 0 Å². The largest absolute Gasteiger partial charge is 0.475 e. The Hall–Kier alpha value is -1.82. The zero-order valence-corrected chi connectivity index (χ0v) is 9.60. The fourth-order valence-electron chi connectivity index (χ4n) is 0.940. The van der Waals surface area contributed by atoms with E-state index < -0.39 is 17.4 Å². The van der Waals surface area contributed by atoms with Crippen molar-refractivity contribution in [2.24, 2.45) is 5.41 Å². The van der Waals surface area contributed by atoms with Crippen molar-refractivity contribution in [3.05, 3.63) is 23.7 Å². The molecule has 6 nitrogen and oxygen atoms in total. The Balaban J connectivity index is 2.61. The molecule has 0 fully saturated rings. The van der Waals surface area contributed by atoms with Crippen LogP contribution in [0.5, 0.6) is 0 Å². The van der Waals surface area contributed by atoms with Crippen LogP contribution >= 0.6 is 0 Å². The molecule has 94 valence electrons. The van der Waals surface area contributed by atoms with E-state index in [0.717, 1.165) is 0 Å². The van der Waals surface area contributed by atoms with Gasteiger partial charge in [0.05, 0.1) is 13.2 Å². The van der Waals surface area contributed by atoms with Crippen LogP contribution in [-0.4, -0.2) is 35.4 Å². The van der Waals surface area contributed by atoms with Gasteiger partial charge in [-0.2, -0.15) is 0 Å². The van der Waals surface area contributed by atoms with Crippen LogP contribution in [0.4, 0.5) is 0 Å². The minimum atomic E-state index is -1.25. The molecule has 0 saturated carbocycles. The summed E-state index contributed by atoms with van der Waals surface area (Å²) in [5, 5.41) is 17.6. The highest BCUT2D eigenvalue weighted by atomic mass is 16.5. The van der Waals surface area contributed by atoms with Crippen LogP contribution in [-0.2, 0) is 4.74 Å². The van der Waals surface area contributed by atoms with Gasteiger partial charge in [-0.3, -0.25) is 0 Å². The number of rotatable bonds is 5. The van der Waals surface area contributed by atoms with Crippen LogP contribution in [0.1, 0.15) is 35.0 Å². The summed E-state index contributed by atoms with van der Waals surface area (Å²) in [5.74, 6) is -2.49. The average Bonchev–Trinajstić information content (AvgIpc) is 2.75. The minimum absolute atomic E-state index is 0.0193. The van der Waals surface area contributed by atoms with Gasteiger partial charge in [-0.15, -0.1) is 0 Å². The normalized spacial score (nSPS) is 11.2. The molecule has 0 bridgehead atoms. The second-order valence-corrected chi connectivity index (χ2v) is 4.37. The fraction of sp³-hybridized carbons (Fsp3) is 0.455. The molecule has 0 spiro atoms. The minimum Gasteiger partial charge on any atom is -0.475 e. The van der Waals surface area contributed by atoms with Crippen LogP contribution in [0.3, 0.4) is 0 Å². The van der Waals surface area contributed by atoms with Gasteiger partial charge in [0.1, 0.15) is 0 Å². The number of hydrogen-bond acceptors (Lipinski definition) is 5. The Labute approximate surface area is 97.8 Å². The summed E-state index contributed by atoms with van der Waals surface area (Å²) in [6.45, 7) is 3.35. The lowest BCUT2D eigenvalue weighted by molar-refractivity contribution is 0.0187. The number of esters is 1. The third kappa shape index (κ3) is 3.60. The molecule has 0 radical (unpaired) electrons. The van der Waals surface area contributed by atoms with Crippen LogP contribution < -0.4 is 0 Å². The van der Waals surface area contributed by atoms with Crippen LogP contribution in [0.25, 0.3) is 0 Å². The third-order valence-corrected chi connectivity index (χ3v) is 2.04. The second kappa shape index (κ2) is 5.01. The standard InChI is InChI=1S/C11H14O6/c1-11(2,5-12)6-16-10(15)8-4-3-7(17-8)9(13)14/h3-4,12H,5-6H2,1-2H3,(H,13,14). The first-order chi connectivity index (χ1) is 7.85. The molecule has 2 N–H and O–H groups in total. The molecule has 0 saturated heterocycles. The number of carboxylic acid groups (broad SMARTS) is 1. The molecule has 0 aliphatic heterocycles. The maximum Gasteiger partial charge on any atom is 0.374 e. The van der Waals surface area contributed by atoms with E-state index in [9.17, 15) is 9.59 Å². The van der Waals surface area contributed by atoms with Crippen molar-refractivity contribution in [2.75, 3.05) is 13.2 Å². The molecule has 0 amide bonds. The number of aliphatic hydroxyl groups is 1. The van der Waals surface area contributed by atoms with Crippen molar-refractivity contribution in [1.82, 2.24) is 0 Å². The Morgan fingerprint density at radius 2 is 1.94 bits per heavy atom. The molecule has 0 aliphatic rings. The van der Waals surface area contributed by atoms with E-state index in [1.807, 2.05) is 0 Å². The Bertz CT molecular complexity index is 417. The maximum absolute atomic E-state index is 11.5. The summed E-state index contributed by atoms with van der Waals surface area (Å²) in [7, 11) is 0. The summed E-state index contributed by atoms with van der Waals surface area (Å²) in [5.41, 5.74) is -0.544. The summed E-state index contributed by atoms with van der Waals surface area (Å²) in [6, 6.07) is 2.41. The maximum atomic E-state index is 11.5. The molecule has 0 aromatic carbocycles. The summed E-state index contributed by atoms with van der Waals surface area (Å²) in [6.07, 6.45) is 0. The molecule has 0 aliphatic carbocycles. The topological polar surface area (TPSA) is 97.0 Å². The monoisotopic (exact) mass is 242 g/mol. The molecule has 1 rings (SSSR count). The van der Waals surface area contributed by atoms with Gasteiger partial charge >= 0.3 is 11.9 Å². The van der Waals surface area contributed by atoms with Crippen LogP contribution in [0.2, 0.25) is 0 Å². The van der Waals surface area contributed by atoms with E-state index in [1.54, 1.807) is 13.8 Å². The number of aliphatic hydroxyl groups excluding tert-OH is 1. The number of carbonyl (C=O) groups is 2. The van der Waals surface area contributed by atoms with Crippen molar-refractivity contribution in [1.29, 1.82) is 0 Å². The Morgan fingerprint density at radius 3 is 2.41 bits per heavy atom. The molecule has 0 atom stereocenters. The third-order valence-electron chi connectivity index (χ3n) is 2.04. The van der Waals surface area contributed by atoms with Gasteiger partial charge < -0.3 is 19.4 Å². The molecule has 0 unspecified atom stereocenters. The van der Waals surface area contributed by atoms with Gasteiger partial charge in [0, 0.05) is 5.41 Å². The van der Waals surface area contributed by atoms with Crippen molar-refractivity contribution in [3.8, 4) is 0 Å². The van der Waals surface area contributed by atoms with Crippen molar-refractivity contribution >= 4 is 11.9 Å². The zero-order chi connectivity index (χ0) is 13.1. The highest BCUT2D eigenvalue weighted by Crippen LogP contribution is 2.16. The number of hydrogen-bond donors (Lipinski definition) is 2. The zero-order valence-electron chi connectivity index (χ0n) is 9.60. The van der Waals surface area contributed by atoms with Gasteiger partial charge in [0.15, 0.2) is 0 Å². The lowest BCUT2D eigenvalue weighted by Gasteiger charge is -2.20. The predicted octanol–water partition coefficient (Wildman–Crippen LogP) is 1.15. The number of carbonyl (C=O) groups excluding carboxylic acids is 1. The summed E-state index contributed by atoms with van der Waals surface area (Å²) in [4.78, 5) is 22.0. The molecular formula is C11H14O6. The van der Waals surface area contributed by atoms with Gasteiger partial charge in [0.2, 0.25) is 11.5 Å². The Morgan fingerprint density at radius 1 is 1.35 bits per heavy atom. The Kier molecular flexibility index (Phi) is 3.90. The fourth-order valence-corrected chi connectivity index (χ4v) is 0.940. The van der Waals surface area contributed by atoms with Gasteiger partial charge in [-0.05, 0) is 12.1 Å². The summed E-state index contributed by atoms with van der Waals surface area (Å²) < 4.78 is 9.66. The average molecular weight is 242 g/mol. The molecule has 1 aromatic rings. The van der Waals surface area contributed by atoms with Crippen molar-refractivity contribution < 1.29 is 29.0 Å². The lowest BCUT2D eigenvalue weighted by Crippen LogP contribution is -2.25.